The van der Waals surface area contributed by atoms with Crippen LogP contribution in [0.15, 0.2) is 48.5 Å². The van der Waals surface area contributed by atoms with Gasteiger partial charge in [-0.15, -0.1) is 0 Å². The van der Waals surface area contributed by atoms with Crippen molar-refractivity contribution in [1.29, 1.82) is 0 Å². The zero-order chi connectivity index (χ0) is 24.4. The Hall–Kier alpha value is -2.62. The minimum absolute atomic E-state index is 0.00303. The standard InChI is InChI=1S/C29H40N2O2/c1-20-12-8-9-15-23(20)27(33)31-17-11-16-24(25(31)19-28(2,3)4)26(32)30-22-14-10-13-21(18-22)29(5,6)7/h8-10,12-15,18,24-25H,11,16-17,19H2,1-7H3,(H,30,32). The van der Waals surface area contributed by atoms with Crippen molar-refractivity contribution in [2.45, 2.75) is 79.2 Å². The molecule has 178 valence electrons. The molecular formula is C29H40N2O2. The molecule has 2 aromatic carbocycles. The molecule has 1 heterocycles. The monoisotopic (exact) mass is 448 g/mol. The second-order valence-corrected chi connectivity index (χ2v) is 11.7. The topological polar surface area (TPSA) is 49.4 Å². The van der Waals surface area contributed by atoms with Gasteiger partial charge in [0.15, 0.2) is 0 Å². The predicted molar refractivity (Wildman–Crippen MR) is 137 cm³/mol. The van der Waals surface area contributed by atoms with E-state index in [4.69, 9.17) is 0 Å². The van der Waals surface area contributed by atoms with Crippen LogP contribution in [0.25, 0.3) is 0 Å². The third-order valence-electron chi connectivity index (χ3n) is 6.57. The third kappa shape index (κ3) is 6.25. The van der Waals surface area contributed by atoms with Crippen LogP contribution in [0.4, 0.5) is 5.69 Å². The van der Waals surface area contributed by atoms with Crippen molar-refractivity contribution < 1.29 is 9.59 Å². The maximum absolute atomic E-state index is 13.6. The number of hydrogen-bond acceptors (Lipinski definition) is 2. The van der Waals surface area contributed by atoms with Gasteiger partial charge in [-0.3, -0.25) is 9.59 Å². The number of benzene rings is 2. The molecular weight excluding hydrogens is 408 g/mol. The van der Waals surface area contributed by atoms with Crippen LogP contribution in [-0.2, 0) is 10.2 Å². The van der Waals surface area contributed by atoms with Gasteiger partial charge in [-0.2, -0.15) is 0 Å². The summed E-state index contributed by atoms with van der Waals surface area (Å²) in [6.45, 7) is 15.7. The Bertz CT molecular complexity index is 997. The first-order chi connectivity index (χ1) is 15.4. The van der Waals surface area contributed by atoms with Gasteiger partial charge >= 0.3 is 0 Å². The fourth-order valence-electron chi connectivity index (χ4n) is 4.76. The number of anilines is 1. The van der Waals surface area contributed by atoms with Gasteiger partial charge in [0, 0.05) is 23.8 Å². The molecule has 2 amide bonds. The maximum atomic E-state index is 13.6. The van der Waals surface area contributed by atoms with Crippen LogP contribution in [0.1, 0.15) is 82.3 Å². The lowest BCUT2D eigenvalue weighted by Crippen LogP contribution is -2.53. The van der Waals surface area contributed by atoms with Crippen LogP contribution in [0.5, 0.6) is 0 Å². The molecule has 0 bridgehead atoms. The van der Waals surface area contributed by atoms with E-state index in [1.54, 1.807) is 0 Å². The Morgan fingerprint density at radius 1 is 1.00 bits per heavy atom. The first-order valence-corrected chi connectivity index (χ1v) is 12.1. The molecule has 2 aromatic rings. The summed E-state index contributed by atoms with van der Waals surface area (Å²) in [5, 5.41) is 3.17. The second kappa shape index (κ2) is 9.70. The summed E-state index contributed by atoms with van der Waals surface area (Å²) < 4.78 is 0. The minimum atomic E-state index is -0.232. The number of likely N-dealkylation sites (tertiary alicyclic amines) is 1. The normalized spacial score (nSPS) is 19.3. The SMILES string of the molecule is Cc1ccccc1C(=O)N1CCCC(C(=O)Nc2cccc(C(C)(C)C)c2)C1CC(C)(C)C. The van der Waals surface area contributed by atoms with Gasteiger partial charge in [-0.1, -0.05) is 71.9 Å². The van der Waals surface area contributed by atoms with E-state index >= 15 is 0 Å². The van der Waals surface area contributed by atoms with E-state index in [1.165, 1.54) is 5.56 Å². The molecule has 1 aliphatic rings. The Morgan fingerprint density at radius 3 is 2.33 bits per heavy atom. The molecule has 3 rings (SSSR count). The van der Waals surface area contributed by atoms with Crippen LogP contribution in [0.3, 0.4) is 0 Å². The lowest BCUT2D eigenvalue weighted by atomic mass is 9.78. The van der Waals surface area contributed by atoms with Gasteiger partial charge in [0.2, 0.25) is 5.91 Å². The van der Waals surface area contributed by atoms with E-state index < -0.39 is 0 Å². The lowest BCUT2D eigenvalue weighted by molar-refractivity contribution is -0.123. The third-order valence-corrected chi connectivity index (χ3v) is 6.57. The molecule has 0 spiro atoms. The smallest absolute Gasteiger partial charge is 0.254 e. The second-order valence-electron chi connectivity index (χ2n) is 11.7. The van der Waals surface area contributed by atoms with Gasteiger partial charge < -0.3 is 10.2 Å². The molecule has 33 heavy (non-hydrogen) atoms. The number of aryl methyl sites for hydroxylation is 1. The molecule has 2 atom stereocenters. The predicted octanol–water partition coefficient (Wildman–Crippen LogP) is 6.59. The number of nitrogens with zero attached hydrogens (tertiary/aromatic N) is 1. The van der Waals surface area contributed by atoms with E-state index in [0.717, 1.165) is 36.1 Å². The highest BCUT2D eigenvalue weighted by atomic mass is 16.2. The van der Waals surface area contributed by atoms with Crippen molar-refractivity contribution in [2.24, 2.45) is 11.3 Å². The highest BCUT2D eigenvalue weighted by Gasteiger charge is 2.40. The lowest BCUT2D eigenvalue weighted by Gasteiger charge is -2.43. The molecule has 1 saturated heterocycles. The number of rotatable bonds is 4. The van der Waals surface area contributed by atoms with Crippen LogP contribution in [0.2, 0.25) is 0 Å². The van der Waals surface area contributed by atoms with Crippen LogP contribution in [-0.4, -0.2) is 29.3 Å². The molecule has 4 nitrogen and oxygen atoms in total. The zero-order valence-electron chi connectivity index (χ0n) is 21.4. The average Bonchev–Trinajstić information content (AvgIpc) is 2.72. The van der Waals surface area contributed by atoms with Gasteiger partial charge in [0.25, 0.3) is 5.91 Å². The molecule has 0 radical (unpaired) electrons. The quantitative estimate of drug-likeness (QED) is 0.574. The summed E-state index contributed by atoms with van der Waals surface area (Å²) in [6.07, 6.45) is 2.41. The molecule has 1 N–H and O–H groups in total. The maximum Gasteiger partial charge on any atom is 0.254 e. The van der Waals surface area contributed by atoms with Gasteiger partial charge in [0.05, 0.1) is 5.92 Å². The number of nitrogens with one attached hydrogen (secondary N) is 1. The number of amides is 2. The molecule has 1 fully saturated rings. The van der Waals surface area contributed by atoms with Crippen molar-refractivity contribution in [2.75, 3.05) is 11.9 Å². The summed E-state index contributed by atoms with van der Waals surface area (Å²) in [7, 11) is 0. The molecule has 0 aromatic heterocycles. The van der Waals surface area contributed by atoms with Crippen molar-refractivity contribution in [3.63, 3.8) is 0 Å². The van der Waals surface area contributed by atoms with Gasteiger partial charge in [0.1, 0.15) is 0 Å². The fourth-order valence-corrected chi connectivity index (χ4v) is 4.76. The Morgan fingerprint density at radius 2 is 1.70 bits per heavy atom. The zero-order valence-corrected chi connectivity index (χ0v) is 21.4. The number of carbonyl (C=O) groups excluding carboxylic acids is 2. The Labute approximate surface area is 199 Å². The Balaban J connectivity index is 1.88. The average molecular weight is 449 g/mol. The van der Waals surface area contributed by atoms with Crippen molar-refractivity contribution >= 4 is 17.5 Å². The molecule has 0 saturated carbocycles. The minimum Gasteiger partial charge on any atom is -0.335 e. The molecule has 0 aliphatic carbocycles. The number of hydrogen-bond donors (Lipinski definition) is 1. The number of carbonyl (C=O) groups is 2. The van der Waals surface area contributed by atoms with Crippen molar-refractivity contribution in [3.05, 3.63) is 65.2 Å². The summed E-state index contributed by atoms with van der Waals surface area (Å²) in [4.78, 5) is 29.1. The van der Waals surface area contributed by atoms with E-state index in [2.05, 4.69) is 59.0 Å². The first kappa shape index (κ1) is 25.0. The fraction of sp³-hybridized carbons (Fsp3) is 0.517. The number of piperidine rings is 1. The van der Waals surface area contributed by atoms with Crippen molar-refractivity contribution in [1.82, 2.24) is 4.90 Å². The van der Waals surface area contributed by atoms with Crippen molar-refractivity contribution in [3.8, 4) is 0 Å². The van der Waals surface area contributed by atoms with Gasteiger partial charge in [-0.25, -0.2) is 0 Å². The van der Waals surface area contributed by atoms with Crippen LogP contribution >= 0.6 is 0 Å². The highest BCUT2D eigenvalue weighted by Crippen LogP contribution is 2.35. The first-order valence-electron chi connectivity index (χ1n) is 12.1. The summed E-state index contributed by atoms with van der Waals surface area (Å²) in [5.41, 5.74) is 3.72. The summed E-state index contributed by atoms with van der Waals surface area (Å²) >= 11 is 0. The van der Waals surface area contributed by atoms with E-state index in [9.17, 15) is 9.59 Å². The summed E-state index contributed by atoms with van der Waals surface area (Å²) in [5.74, 6) is -0.184. The molecule has 4 heteroatoms. The van der Waals surface area contributed by atoms with Crippen LogP contribution < -0.4 is 5.32 Å². The van der Waals surface area contributed by atoms with E-state index in [-0.39, 0.29) is 34.6 Å². The summed E-state index contributed by atoms with van der Waals surface area (Å²) in [6, 6.07) is 15.7. The highest BCUT2D eigenvalue weighted by molar-refractivity contribution is 5.97. The molecule has 2 unspecified atom stereocenters. The largest absolute Gasteiger partial charge is 0.335 e. The van der Waals surface area contributed by atoms with E-state index in [1.807, 2.05) is 48.2 Å². The Kier molecular flexibility index (Phi) is 7.36. The van der Waals surface area contributed by atoms with Crippen LogP contribution in [0, 0.1) is 18.3 Å². The van der Waals surface area contributed by atoms with E-state index in [0.29, 0.717) is 6.54 Å². The van der Waals surface area contributed by atoms with Gasteiger partial charge in [-0.05, 0) is 66.3 Å². The molecule has 1 aliphatic heterocycles.